The van der Waals surface area contributed by atoms with Crippen LogP contribution in [0.3, 0.4) is 0 Å². The Balaban J connectivity index is 2.51. The Morgan fingerprint density at radius 1 is 1.73 bits per heavy atom. The first-order valence-corrected chi connectivity index (χ1v) is 4.67. The lowest BCUT2D eigenvalue weighted by Gasteiger charge is -1.93. The maximum absolute atomic E-state index is 10.6. The topological polar surface area (TPSA) is 17.1 Å². The fourth-order valence-corrected chi connectivity index (χ4v) is 1.79. The van der Waals surface area contributed by atoms with E-state index < -0.39 is 0 Å². The van der Waals surface area contributed by atoms with Crippen molar-refractivity contribution in [2.24, 2.45) is 0 Å². The van der Waals surface area contributed by atoms with Crippen LogP contribution in [0.1, 0.15) is 18.9 Å². The summed E-state index contributed by atoms with van der Waals surface area (Å²) in [4.78, 5) is 10.6. The molecule has 1 rings (SSSR count). The van der Waals surface area contributed by atoms with Gasteiger partial charge in [-0.05, 0) is 30.4 Å². The predicted molar refractivity (Wildman–Crippen MR) is 48.3 cm³/mol. The summed E-state index contributed by atoms with van der Waals surface area (Å²) in [7, 11) is 0. The molecule has 0 radical (unpaired) electrons. The maximum Gasteiger partial charge on any atom is 0.130 e. The molecular formula is C8H9ClOS. The van der Waals surface area contributed by atoms with Crippen LogP contribution in [-0.2, 0) is 11.2 Å². The Kier molecular flexibility index (Phi) is 3.09. The molecule has 1 nitrogen and oxygen atoms in total. The minimum Gasteiger partial charge on any atom is -0.300 e. The van der Waals surface area contributed by atoms with E-state index in [9.17, 15) is 4.79 Å². The first-order chi connectivity index (χ1) is 5.20. The van der Waals surface area contributed by atoms with Crippen LogP contribution in [0.2, 0.25) is 4.34 Å². The van der Waals surface area contributed by atoms with Gasteiger partial charge in [0.1, 0.15) is 5.78 Å². The highest BCUT2D eigenvalue weighted by atomic mass is 35.5. The van der Waals surface area contributed by atoms with Gasteiger partial charge in [-0.2, -0.15) is 0 Å². The molecule has 0 atom stereocenters. The molecule has 0 fully saturated rings. The molecule has 1 aromatic rings. The number of hydrogen-bond donors (Lipinski definition) is 0. The lowest BCUT2D eigenvalue weighted by Crippen LogP contribution is -1.92. The predicted octanol–water partition coefficient (Wildman–Crippen LogP) is 2.92. The first-order valence-electron chi connectivity index (χ1n) is 3.41. The molecule has 0 aliphatic rings. The van der Waals surface area contributed by atoms with E-state index in [0.717, 1.165) is 16.3 Å². The lowest BCUT2D eigenvalue weighted by atomic mass is 10.1. The highest BCUT2D eigenvalue weighted by molar-refractivity contribution is 7.14. The van der Waals surface area contributed by atoms with E-state index in [-0.39, 0.29) is 5.78 Å². The van der Waals surface area contributed by atoms with Crippen molar-refractivity contribution in [3.8, 4) is 0 Å². The molecule has 0 aromatic carbocycles. The van der Waals surface area contributed by atoms with Crippen LogP contribution in [0.5, 0.6) is 0 Å². The minimum absolute atomic E-state index is 0.215. The molecule has 0 bridgehead atoms. The standard InChI is InChI=1S/C8H9ClOS/c1-6(10)2-3-7-4-5-11-8(7)9/h4-5H,2-3H2,1H3. The molecule has 0 saturated heterocycles. The summed E-state index contributed by atoms with van der Waals surface area (Å²) in [5.74, 6) is 0.215. The molecule has 0 unspecified atom stereocenters. The summed E-state index contributed by atoms with van der Waals surface area (Å²) < 4.78 is 0.811. The average Bonchev–Trinajstić information content (AvgIpc) is 2.31. The molecule has 11 heavy (non-hydrogen) atoms. The second-order valence-electron chi connectivity index (χ2n) is 2.42. The normalized spacial score (nSPS) is 10.0. The third-order valence-electron chi connectivity index (χ3n) is 1.44. The van der Waals surface area contributed by atoms with E-state index >= 15 is 0 Å². The van der Waals surface area contributed by atoms with E-state index in [1.165, 1.54) is 11.3 Å². The summed E-state index contributed by atoms with van der Waals surface area (Å²) in [6, 6.07) is 1.97. The zero-order valence-corrected chi connectivity index (χ0v) is 7.84. The molecule has 0 saturated carbocycles. The van der Waals surface area contributed by atoms with Crippen LogP contribution in [0, 0.1) is 0 Å². The van der Waals surface area contributed by atoms with Crippen LogP contribution in [0.4, 0.5) is 0 Å². The molecule has 3 heteroatoms. The Hall–Kier alpha value is -0.340. The second-order valence-corrected chi connectivity index (χ2v) is 3.94. The van der Waals surface area contributed by atoms with Gasteiger partial charge in [0.2, 0.25) is 0 Å². The number of Topliss-reactive ketones (excluding diaryl/α,β-unsaturated/α-hetero) is 1. The smallest absolute Gasteiger partial charge is 0.130 e. The van der Waals surface area contributed by atoms with Gasteiger partial charge in [-0.3, -0.25) is 0 Å². The van der Waals surface area contributed by atoms with Gasteiger partial charge in [-0.25, -0.2) is 0 Å². The van der Waals surface area contributed by atoms with E-state index in [4.69, 9.17) is 11.6 Å². The van der Waals surface area contributed by atoms with Crippen LogP contribution < -0.4 is 0 Å². The average molecular weight is 189 g/mol. The monoisotopic (exact) mass is 188 g/mol. The number of ketones is 1. The molecule has 0 spiro atoms. The van der Waals surface area contributed by atoms with E-state index in [2.05, 4.69) is 0 Å². The highest BCUT2D eigenvalue weighted by Gasteiger charge is 2.01. The summed E-state index contributed by atoms with van der Waals surface area (Å²) in [6.07, 6.45) is 1.37. The number of carbonyl (C=O) groups is 1. The van der Waals surface area contributed by atoms with Gasteiger partial charge in [0.15, 0.2) is 0 Å². The number of rotatable bonds is 3. The van der Waals surface area contributed by atoms with Crippen molar-refractivity contribution in [3.05, 3.63) is 21.3 Å². The Morgan fingerprint density at radius 3 is 2.91 bits per heavy atom. The van der Waals surface area contributed by atoms with Gasteiger partial charge in [0.25, 0.3) is 0 Å². The van der Waals surface area contributed by atoms with Gasteiger partial charge < -0.3 is 4.79 Å². The van der Waals surface area contributed by atoms with E-state index in [0.29, 0.717) is 6.42 Å². The minimum atomic E-state index is 0.215. The molecule has 60 valence electrons. The SMILES string of the molecule is CC(=O)CCc1ccsc1Cl. The summed E-state index contributed by atoms with van der Waals surface area (Å²) in [5, 5.41) is 1.94. The van der Waals surface area contributed by atoms with Crippen molar-refractivity contribution in [1.29, 1.82) is 0 Å². The maximum atomic E-state index is 10.6. The second kappa shape index (κ2) is 3.88. The summed E-state index contributed by atoms with van der Waals surface area (Å²) in [5.41, 5.74) is 1.09. The molecule has 0 amide bonds. The molecule has 0 N–H and O–H groups in total. The fraction of sp³-hybridized carbons (Fsp3) is 0.375. The quantitative estimate of drug-likeness (QED) is 0.713. The zero-order chi connectivity index (χ0) is 8.27. The fourth-order valence-electron chi connectivity index (χ4n) is 0.809. The molecule has 1 heterocycles. The van der Waals surface area contributed by atoms with Crippen molar-refractivity contribution in [2.45, 2.75) is 19.8 Å². The van der Waals surface area contributed by atoms with Gasteiger partial charge in [0, 0.05) is 6.42 Å². The van der Waals surface area contributed by atoms with Crippen LogP contribution in [0.25, 0.3) is 0 Å². The van der Waals surface area contributed by atoms with Gasteiger partial charge in [0.05, 0.1) is 4.34 Å². The van der Waals surface area contributed by atoms with Crippen molar-refractivity contribution in [3.63, 3.8) is 0 Å². The van der Waals surface area contributed by atoms with Crippen molar-refractivity contribution < 1.29 is 4.79 Å². The van der Waals surface area contributed by atoms with Crippen LogP contribution in [-0.4, -0.2) is 5.78 Å². The Morgan fingerprint density at radius 2 is 2.45 bits per heavy atom. The zero-order valence-electron chi connectivity index (χ0n) is 6.26. The van der Waals surface area contributed by atoms with E-state index in [1.807, 2.05) is 11.4 Å². The van der Waals surface area contributed by atoms with E-state index in [1.54, 1.807) is 6.92 Å². The Bertz CT molecular complexity index is 254. The summed E-state index contributed by atoms with van der Waals surface area (Å²) in [6.45, 7) is 1.60. The van der Waals surface area contributed by atoms with Crippen LogP contribution >= 0.6 is 22.9 Å². The van der Waals surface area contributed by atoms with Gasteiger partial charge in [-0.1, -0.05) is 11.6 Å². The number of thiophene rings is 1. The third-order valence-corrected chi connectivity index (χ3v) is 2.69. The molecule has 1 aromatic heterocycles. The Labute approximate surface area is 75.0 Å². The van der Waals surface area contributed by atoms with Crippen LogP contribution in [0.15, 0.2) is 11.4 Å². The summed E-state index contributed by atoms with van der Waals surface area (Å²) >= 11 is 7.34. The number of carbonyl (C=O) groups excluding carboxylic acids is 1. The number of aryl methyl sites for hydroxylation is 1. The number of hydrogen-bond acceptors (Lipinski definition) is 2. The third kappa shape index (κ3) is 2.64. The molecular weight excluding hydrogens is 180 g/mol. The van der Waals surface area contributed by atoms with Crippen molar-refractivity contribution >= 4 is 28.7 Å². The molecule has 0 aliphatic carbocycles. The first kappa shape index (κ1) is 8.75. The largest absolute Gasteiger partial charge is 0.300 e. The molecule has 0 aliphatic heterocycles. The number of halogens is 1. The lowest BCUT2D eigenvalue weighted by molar-refractivity contribution is -0.116. The van der Waals surface area contributed by atoms with Crippen molar-refractivity contribution in [2.75, 3.05) is 0 Å². The van der Waals surface area contributed by atoms with Gasteiger partial charge in [-0.15, -0.1) is 11.3 Å². The highest BCUT2D eigenvalue weighted by Crippen LogP contribution is 2.23. The van der Waals surface area contributed by atoms with Crippen molar-refractivity contribution in [1.82, 2.24) is 0 Å². The van der Waals surface area contributed by atoms with Gasteiger partial charge >= 0.3 is 0 Å².